The van der Waals surface area contributed by atoms with Crippen LogP contribution < -0.4 is 15.4 Å². The number of nitrogens with one attached hydrogen (secondary N) is 2. The van der Waals surface area contributed by atoms with E-state index in [0.717, 1.165) is 31.0 Å². The molecule has 1 aromatic carbocycles. The van der Waals surface area contributed by atoms with Crippen LogP contribution in [0.1, 0.15) is 41.6 Å². The molecule has 2 fully saturated rings. The van der Waals surface area contributed by atoms with Crippen molar-refractivity contribution in [1.82, 2.24) is 10.6 Å². The largest absolute Gasteiger partial charge is 0.490 e. The molecular weight excluding hydrogens is 365 g/mol. The number of halogens is 3. The predicted molar refractivity (Wildman–Crippen MR) is 89.4 cm³/mol. The minimum Gasteiger partial charge on any atom is -0.490 e. The number of carbonyl (C=O) groups excluding carboxylic acids is 2. The SMILES string of the molecule is O=C1CC(NC(=O)c2ccc(C(F)(F)F)cc2OCC2CCCO2)CCN1. The van der Waals surface area contributed by atoms with Crippen molar-refractivity contribution in [3.05, 3.63) is 29.3 Å². The molecule has 9 heteroatoms. The molecule has 2 amide bonds. The van der Waals surface area contributed by atoms with Crippen LogP contribution >= 0.6 is 0 Å². The Hall–Kier alpha value is -2.29. The van der Waals surface area contributed by atoms with Gasteiger partial charge in [0.25, 0.3) is 5.91 Å². The van der Waals surface area contributed by atoms with Crippen molar-refractivity contribution in [2.75, 3.05) is 19.8 Å². The van der Waals surface area contributed by atoms with Crippen LogP contribution in [0.3, 0.4) is 0 Å². The van der Waals surface area contributed by atoms with E-state index in [0.29, 0.717) is 19.6 Å². The molecule has 2 atom stereocenters. The number of hydrogen-bond donors (Lipinski definition) is 2. The molecule has 0 saturated carbocycles. The summed E-state index contributed by atoms with van der Waals surface area (Å²) in [6.45, 7) is 1.11. The number of rotatable bonds is 5. The third kappa shape index (κ3) is 5.12. The fourth-order valence-electron chi connectivity index (χ4n) is 3.13. The molecule has 0 spiro atoms. The number of alkyl halides is 3. The highest BCUT2D eigenvalue weighted by Crippen LogP contribution is 2.33. The molecule has 3 rings (SSSR count). The van der Waals surface area contributed by atoms with Crippen molar-refractivity contribution >= 4 is 11.8 Å². The maximum Gasteiger partial charge on any atom is 0.416 e. The molecule has 0 aliphatic carbocycles. The minimum absolute atomic E-state index is 0.00646. The molecule has 0 radical (unpaired) electrons. The molecular formula is C18H21F3N2O4. The Morgan fingerprint density at radius 3 is 2.81 bits per heavy atom. The van der Waals surface area contributed by atoms with Crippen LogP contribution in [0, 0.1) is 0 Å². The van der Waals surface area contributed by atoms with Gasteiger partial charge in [0.1, 0.15) is 12.4 Å². The van der Waals surface area contributed by atoms with E-state index in [1.807, 2.05) is 0 Å². The monoisotopic (exact) mass is 386 g/mol. The van der Waals surface area contributed by atoms with E-state index >= 15 is 0 Å². The molecule has 0 aromatic heterocycles. The zero-order valence-electron chi connectivity index (χ0n) is 14.6. The van der Waals surface area contributed by atoms with E-state index in [4.69, 9.17) is 9.47 Å². The zero-order valence-corrected chi connectivity index (χ0v) is 14.6. The number of amides is 2. The summed E-state index contributed by atoms with van der Waals surface area (Å²) >= 11 is 0. The third-order valence-electron chi connectivity index (χ3n) is 4.58. The first-order valence-electron chi connectivity index (χ1n) is 8.86. The summed E-state index contributed by atoms with van der Waals surface area (Å²) in [4.78, 5) is 24.0. The second-order valence-corrected chi connectivity index (χ2v) is 6.67. The predicted octanol–water partition coefficient (Wildman–Crippen LogP) is 2.27. The Labute approximate surface area is 154 Å². The van der Waals surface area contributed by atoms with E-state index < -0.39 is 17.6 Å². The highest BCUT2D eigenvalue weighted by atomic mass is 19.4. The molecule has 2 saturated heterocycles. The van der Waals surface area contributed by atoms with Crippen molar-refractivity contribution in [2.24, 2.45) is 0 Å². The van der Waals surface area contributed by atoms with Crippen molar-refractivity contribution in [3.63, 3.8) is 0 Å². The quantitative estimate of drug-likeness (QED) is 0.814. The lowest BCUT2D eigenvalue weighted by atomic mass is 10.0. The van der Waals surface area contributed by atoms with Gasteiger partial charge in [0.2, 0.25) is 5.91 Å². The highest BCUT2D eigenvalue weighted by Gasteiger charge is 2.32. The standard InChI is InChI=1S/C18H21F3N2O4/c19-18(20,21)11-3-4-14(15(8-11)27-10-13-2-1-7-26-13)17(25)23-12-5-6-22-16(24)9-12/h3-4,8,12-13H,1-2,5-7,9-10H2,(H,22,24)(H,23,25). The van der Waals surface area contributed by atoms with Gasteiger partial charge in [0, 0.05) is 25.6 Å². The average molecular weight is 386 g/mol. The second-order valence-electron chi connectivity index (χ2n) is 6.67. The molecule has 2 aliphatic rings. The molecule has 0 bridgehead atoms. The summed E-state index contributed by atoms with van der Waals surface area (Å²) in [6, 6.07) is 2.42. The summed E-state index contributed by atoms with van der Waals surface area (Å²) in [7, 11) is 0. The van der Waals surface area contributed by atoms with Gasteiger partial charge in [-0.2, -0.15) is 13.2 Å². The van der Waals surface area contributed by atoms with Gasteiger partial charge in [-0.05, 0) is 37.5 Å². The molecule has 2 N–H and O–H groups in total. The van der Waals surface area contributed by atoms with Gasteiger partial charge in [-0.1, -0.05) is 0 Å². The van der Waals surface area contributed by atoms with Crippen LogP contribution in [-0.4, -0.2) is 43.7 Å². The Morgan fingerprint density at radius 1 is 1.33 bits per heavy atom. The minimum atomic E-state index is -4.54. The maximum absolute atomic E-state index is 13.0. The first-order valence-corrected chi connectivity index (χ1v) is 8.86. The normalized spacial score (nSPS) is 23.0. The average Bonchev–Trinajstić information content (AvgIpc) is 3.12. The Morgan fingerprint density at radius 2 is 2.15 bits per heavy atom. The van der Waals surface area contributed by atoms with Crippen molar-refractivity contribution in [2.45, 2.75) is 44.0 Å². The molecule has 2 heterocycles. The lowest BCUT2D eigenvalue weighted by molar-refractivity contribution is -0.137. The van der Waals surface area contributed by atoms with E-state index in [1.165, 1.54) is 0 Å². The number of benzene rings is 1. The smallest absolute Gasteiger partial charge is 0.416 e. The van der Waals surface area contributed by atoms with Gasteiger partial charge in [0.15, 0.2) is 0 Å². The molecule has 1 aromatic rings. The molecule has 2 unspecified atom stereocenters. The van der Waals surface area contributed by atoms with Crippen molar-refractivity contribution in [3.8, 4) is 5.75 Å². The van der Waals surface area contributed by atoms with E-state index in [9.17, 15) is 22.8 Å². The number of piperidine rings is 1. The van der Waals surface area contributed by atoms with Gasteiger partial charge in [-0.15, -0.1) is 0 Å². The summed E-state index contributed by atoms with van der Waals surface area (Å²) in [6.07, 6.45) is -2.41. The van der Waals surface area contributed by atoms with Crippen LogP contribution in [0.2, 0.25) is 0 Å². The van der Waals surface area contributed by atoms with Crippen LogP contribution in [0.15, 0.2) is 18.2 Å². The summed E-state index contributed by atoms with van der Waals surface area (Å²) < 4.78 is 50.0. The number of ether oxygens (including phenoxy) is 2. The topological polar surface area (TPSA) is 76.7 Å². The lowest BCUT2D eigenvalue weighted by Crippen LogP contribution is -2.45. The van der Waals surface area contributed by atoms with Gasteiger partial charge in [-0.25, -0.2) is 0 Å². The van der Waals surface area contributed by atoms with Crippen LogP contribution in [0.4, 0.5) is 13.2 Å². The van der Waals surface area contributed by atoms with Crippen LogP contribution in [0.25, 0.3) is 0 Å². The van der Waals surface area contributed by atoms with Crippen LogP contribution in [-0.2, 0) is 15.7 Å². The molecule has 148 valence electrons. The first kappa shape index (κ1) is 19.5. The Bertz CT molecular complexity index is 702. The number of carbonyl (C=O) groups is 2. The fourth-order valence-corrected chi connectivity index (χ4v) is 3.13. The summed E-state index contributed by atoms with van der Waals surface area (Å²) in [5.74, 6) is -0.877. The number of hydrogen-bond acceptors (Lipinski definition) is 4. The van der Waals surface area contributed by atoms with Gasteiger partial charge in [-0.3, -0.25) is 9.59 Å². The Kier molecular flexibility index (Phi) is 5.88. The third-order valence-corrected chi connectivity index (χ3v) is 4.58. The van der Waals surface area contributed by atoms with E-state index in [1.54, 1.807) is 0 Å². The van der Waals surface area contributed by atoms with Gasteiger partial charge in [0.05, 0.1) is 17.2 Å². The van der Waals surface area contributed by atoms with Gasteiger partial charge >= 0.3 is 6.18 Å². The Balaban J connectivity index is 1.76. The zero-order chi connectivity index (χ0) is 19.4. The highest BCUT2D eigenvalue weighted by molar-refractivity contribution is 5.97. The maximum atomic E-state index is 13.0. The lowest BCUT2D eigenvalue weighted by Gasteiger charge is -2.24. The van der Waals surface area contributed by atoms with E-state index in [2.05, 4.69) is 10.6 Å². The molecule has 6 nitrogen and oxygen atoms in total. The van der Waals surface area contributed by atoms with Gasteiger partial charge < -0.3 is 20.1 Å². The fraction of sp³-hybridized carbons (Fsp3) is 0.556. The summed E-state index contributed by atoms with van der Waals surface area (Å²) in [5, 5.41) is 5.36. The molecule has 2 aliphatic heterocycles. The second kappa shape index (κ2) is 8.16. The first-order chi connectivity index (χ1) is 12.8. The van der Waals surface area contributed by atoms with Crippen molar-refractivity contribution in [1.29, 1.82) is 0 Å². The summed E-state index contributed by atoms with van der Waals surface area (Å²) in [5.41, 5.74) is -0.884. The van der Waals surface area contributed by atoms with Crippen molar-refractivity contribution < 1.29 is 32.2 Å². The van der Waals surface area contributed by atoms with E-state index in [-0.39, 0.29) is 42.4 Å². The molecule has 27 heavy (non-hydrogen) atoms. The van der Waals surface area contributed by atoms with Crippen LogP contribution in [0.5, 0.6) is 5.75 Å².